The fraction of sp³-hybridized carbons (Fsp3) is 0.714. The lowest BCUT2D eigenvalue weighted by atomic mass is 9.98. The maximum Gasteiger partial charge on any atom is 0.321 e. The number of aliphatic hydroxyl groups is 1. The van der Waals surface area contributed by atoms with E-state index in [4.69, 9.17) is 70.1 Å². The van der Waals surface area contributed by atoms with Gasteiger partial charge in [-0.3, -0.25) is 19.2 Å². The number of ether oxygens (including phenoxy) is 5. The molecule has 2 unspecified atom stereocenters. The van der Waals surface area contributed by atoms with Crippen LogP contribution in [0.1, 0.15) is 0 Å². The lowest BCUT2D eigenvalue weighted by Gasteiger charge is -2.42. The number of rotatable bonds is 9. The summed E-state index contributed by atoms with van der Waals surface area (Å²) < 4.78 is 25.1. The molecule has 0 aromatic rings. The number of halogens is 4. The Morgan fingerprint density at radius 1 is 0.714 bits per heavy atom. The molecule has 0 bridgehead atoms. The van der Waals surface area contributed by atoms with Gasteiger partial charge in [0.15, 0.2) is 24.6 Å². The summed E-state index contributed by atoms with van der Waals surface area (Å²) >= 11 is 21.5. The third-order valence-electron chi connectivity index (χ3n) is 3.26. The molecule has 0 aromatic heterocycles. The largest absolute Gasteiger partial charge is 0.462 e. The minimum Gasteiger partial charge on any atom is -0.462 e. The van der Waals surface area contributed by atoms with E-state index in [1.165, 1.54) is 0 Å². The van der Waals surface area contributed by atoms with Crippen LogP contribution in [0.5, 0.6) is 0 Å². The van der Waals surface area contributed by atoms with Gasteiger partial charge in [0.05, 0.1) is 0 Å². The Kier molecular flexibility index (Phi) is 11.2. The van der Waals surface area contributed by atoms with Crippen molar-refractivity contribution in [1.29, 1.82) is 0 Å². The number of esters is 4. The second-order valence-electron chi connectivity index (χ2n) is 5.15. The van der Waals surface area contributed by atoms with Gasteiger partial charge in [-0.2, -0.15) is 0 Å². The summed E-state index contributed by atoms with van der Waals surface area (Å²) in [7, 11) is 0. The third-order valence-corrected chi connectivity index (χ3v) is 4.13. The number of carbonyl (C=O) groups excluding carboxylic acids is 4. The van der Waals surface area contributed by atoms with E-state index in [0.29, 0.717) is 0 Å². The molecule has 0 amide bonds. The summed E-state index contributed by atoms with van der Waals surface area (Å²) in [4.78, 5) is 46.2. The Hall–Kier alpha value is -1.04. The molecular formula is C14H16Cl4O10. The summed E-state index contributed by atoms with van der Waals surface area (Å²) in [6.45, 7) is -0.534. The zero-order chi connectivity index (χ0) is 21.3. The van der Waals surface area contributed by atoms with E-state index >= 15 is 0 Å². The fourth-order valence-corrected chi connectivity index (χ4v) is 2.46. The summed E-state index contributed by atoms with van der Waals surface area (Å²) in [6, 6.07) is 0. The maximum absolute atomic E-state index is 11.7. The van der Waals surface area contributed by atoms with E-state index in [9.17, 15) is 24.3 Å². The summed E-state index contributed by atoms with van der Waals surface area (Å²) in [5.74, 6) is -5.94. The van der Waals surface area contributed by atoms with Crippen LogP contribution in [-0.2, 0) is 42.9 Å². The zero-order valence-electron chi connectivity index (χ0n) is 14.1. The molecule has 1 aliphatic heterocycles. The molecule has 28 heavy (non-hydrogen) atoms. The van der Waals surface area contributed by atoms with Gasteiger partial charge in [0.2, 0.25) is 0 Å². The van der Waals surface area contributed by atoms with Gasteiger partial charge in [-0.05, 0) is 0 Å². The Morgan fingerprint density at radius 3 is 1.61 bits per heavy atom. The van der Waals surface area contributed by atoms with Crippen LogP contribution >= 0.6 is 46.4 Å². The molecule has 1 heterocycles. The van der Waals surface area contributed by atoms with Gasteiger partial charge in [-0.25, -0.2) is 0 Å². The highest BCUT2D eigenvalue weighted by molar-refractivity contribution is 6.27. The molecule has 0 saturated carbocycles. The van der Waals surface area contributed by atoms with Gasteiger partial charge < -0.3 is 28.8 Å². The minimum atomic E-state index is -1.84. The van der Waals surface area contributed by atoms with Crippen molar-refractivity contribution in [2.75, 3.05) is 30.1 Å². The number of aliphatic hydroxyl groups excluding tert-OH is 1. The van der Waals surface area contributed by atoms with Crippen LogP contribution in [0.4, 0.5) is 0 Å². The lowest BCUT2D eigenvalue weighted by molar-refractivity contribution is -0.295. The highest BCUT2D eigenvalue weighted by Crippen LogP contribution is 2.28. The van der Waals surface area contributed by atoms with E-state index in [-0.39, 0.29) is 0 Å². The first-order valence-corrected chi connectivity index (χ1v) is 9.72. The predicted molar refractivity (Wildman–Crippen MR) is 94.4 cm³/mol. The standard InChI is InChI=1S/C14H16Cl4O10/c15-1-7(19)24-5-6-11(26-8(20)2-16)12(27-9(21)3-17)13(14(23)25-6)28-10(22)4-18/h6,11-14,23H,1-5H2/t6?,11?,12-,13-,14+/m0/s1. The van der Waals surface area contributed by atoms with Crippen LogP contribution in [0.25, 0.3) is 0 Å². The smallest absolute Gasteiger partial charge is 0.321 e. The summed E-state index contributed by atoms with van der Waals surface area (Å²) in [6.07, 6.45) is -7.81. The quantitative estimate of drug-likeness (QED) is 0.268. The van der Waals surface area contributed by atoms with Crippen LogP contribution in [0.3, 0.4) is 0 Å². The highest BCUT2D eigenvalue weighted by Gasteiger charge is 2.52. The molecule has 5 atom stereocenters. The van der Waals surface area contributed by atoms with Crippen LogP contribution in [-0.4, -0.2) is 89.8 Å². The Labute approximate surface area is 179 Å². The summed E-state index contributed by atoms with van der Waals surface area (Å²) in [5, 5.41) is 10.2. The number of hydrogen-bond donors (Lipinski definition) is 1. The van der Waals surface area contributed by atoms with Gasteiger partial charge in [0.1, 0.15) is 36.2 Å². The van der Waals surface area contributed by atoms with Gasteiger partial charge >= 0.3 is 23.9 Å². The molecule has 1 fully saturated rings. The zero-order valence-corrected chi connectivity index (χ0v) is 17.1. The van der Waals surface area contributed by atoms with Crippen molar-refractivity contribution in [3.05, 3.63) is 0 Å². The van der Waals surface area contributed by atoms with Crippen molar-refractivity contribution in [2.24, 2.45) is 0 Å². The SMILES string of the molecule is O=C(CCl)OCC1O[C@@H](O)[C@@H](OC(=O)CCl)[C@@H](OC(=O)CCl)C1OC(=O)CCl. The second-order valence-corrected chi connectivity index (χ2v) is 6.22. The van der Waals surface area contributed by atoms with Gasteiger partial charge in [-0.15, -0.1) is 46.4 Å². The van der Waals surface area contributed by atoms with Gasteiger partial charge in [0, 0.05) is 0 Å². The van der Waals surface area contributed by atoms with Crippen LogP contribution in [0.2, 0.25) is 0 Å². The van der Waals surface area contributed by atoms with E-state index in [2.05, 4.69) is 0 Å². The fourth-order valence-electron chi connectivity index (χ4n) is 2.19. The molecule has 1 aliphatic rings. The molecule has 160 valence electrons. The van der Waals surface area contributed by atoms with Crippen molar-refractivity contribution < 1.29 is 48.0 Å². The van der Waals surface area contributed by atoms with Crippen molar-refractivity contribution in [3.63, 3.8) is 0 Å². The van der Waals surface area contributed by atoms with Crippen LogP contribution in [0.15, 0.2) is 0 Å². The molecule has 0 aliphatic carbocycles. The number of hydrogen-bond acceptors (Lipinski definition) is 10. The molecule has 1 rings (SSSR count). The predicted octanol–water partition coefficient (Wildman–Crippen LogP) is -0.0626. The Morgan fingerprint density at radius 2 is 1.14 bits per heavy atom. The molecule has 10 nitrogen and oxygen atoms in total. The molecular weight excluding hydrogens is 470 g/mol. The molecule has 14 heteroatoms. The van der Waals surface area contributed by atoms with E-state index in [0.717, 1.165) is 0 Å². The lowest BCUT2D eigenvalue weighted by Crippen LogP contribution is -2.62. The first-order valence-electron chi connectivity index (χ1n) is 7.58. The average molecular weight is 486 g/mol. The first-order chi connectivity index (χ1) is 13.3. The molecule has 1 saturated heterocycles. The number of carbonyl (C=O) groups is 4. The Balaban J connectivity index is 3.17. The van der Waals surface area contributed by atoms with Crippen molar-refractivity contribution in [1.82, 2.24) is 0 Å². The topological polar surface area (TPSA) is 135 Å². The normalized spacial score (nSPS) is 26.8. The first kappa shape index (κ1) is 25.0. The van der Waals surface area contributed by atoms with Crippen molar-refractivity contribution in [2.45, 2.75) is 30.7 Å². The Bertz CT molecular complexity index is 574. The molecule has 0 radical (unpaired) electrons. The monoisotopic (exact) mass is 484 g/mol. The van der Waals surface area contributed by atoms with Crippen LogP contribution in [0, 0.1) is 0 Å². The number of alkyl halides is 4. The summed E-state index contributed by atoms with van der Waals surface area (Å²) in [5.41, 5.74) is 0. The molecule has 1 N–H and O–H groups in total. The van der Waals surface area contributed by atoms with E-state index in [1.54, 1.807) is 0 Å². The minimum absolute atomic E-state index is 0.470. The third kappa shape index (κ3) is 7.41. The molecule has 0 aromatic carbocycles. The maximum atomic E-state index is 11.7. The van der Waals surface area contributed by atoms with Crippen LogP contribution < -0.4 is 0 Å². The van der Waals surface area contributed by atoms with Gasteiger partial charge in [0.25, 0.3) is 0 Å². The average Bonchev–Trinajstić information content (AvgIpc) is 2.69. The van der Waals surface area contributed by atoms with Crippen molar-refractivity contribution >= 4 is 70.3 Å². The van der Waals surface area contributed by atoms with Crippen molar-refractivity contribution in [3.8, 4) is 0 Å². The van der Waals surface area contributed by atoms with E-state index in [1.807, 2.05) is 0 Å². The van der Waals surface area contributed by atoms with E-state index < -0.39 is 84.7 Å². The second kappa shape index (κ2) is 12.5. The highest BCUT2D eigenvalue weighted by atomic mass is 35.5. The van der Waals surface area contributed by atoms with Gasteiger partial charge in [-0.1, -0.05) is 0 Å². The molecule has 0 spiro atoms.